The summed E-state index contributed by atoms with van der Waals surface area (Å²) in [7, 11) is 0. The lowest BCUT2D eigenvalue weighted by molar-refractivity contribution is 0.0938. The molecule has 0 radical (unpaired) electrons. The number of carbonyl (C=O) groups excluding carboxylic acids is 1. The standard InChI is InChI=1S/C20H22FN3O2S/c1-14(2)22-20(25)18-13-26-19(23-18)12-24(11-17-4-3-9-27-17)10-15-5-7-16(21)8-6-15/h3-9,13-14H,10-12H2,1-2H3,(H,22,25). The number of oxazole rings is 1. The van der Waals surface area contributed by atoms with E-state index >= 15 is 0 Å². The second-order valence-corrected chi connectivity index (χ2v) is 7.64. The largest absolute Gasteiger partial charge is 0.447 e. The molecule has 1 amide bonds. The van der Waals surface area contributed by atoms with Gasteiger partial charge in [0.15, 0.2) is 5.69 Å². The summed E-state index contributed by atoms with van der Waals surface area (Å²) in [5.41, 5.74) is 1.27. The van der Waals surface area contributed by atoms with Crippen LogP contribution in [-0.4, -0.2) is 21.8 Å². The highest BCUT2D eigenvalue weighted by Crippen LogP contribution is 2.17. The van der Waals surface area contributed by atoms with Gasteiger partial charge in [0.1, 0.15) is 12.1 Å². The number of carbonyl (C=O) groups is 1. The van der Waals surface area contributed by atoms with Crippen molar-refractivity contribution < 1.29 is 13.6 Å². The number of nitrogens with one attached hydrogen (secondary N) is 1. The molecule has 2 aromatic heterocycles. The monoisotopic (exact) mass is 387 g/mol. The van der Waals surface area contributed by atoms with Gasteiger partial charge in [-0.1, -0.05) is 18.2 Å². The Morgan fingerprint density at radius 1 is 1.22 bits per heavy atom. The summed E-state index contributed by atoms with van der Waals surface area (Å²) >= 11 is 1.67. The Morgan fingerprint density at radius 3 is 2.67 bits per heavy atom. The van der Waals surface area contributed by atoms with Crippen LogP contribution in [0.5, 0.6) is 0 Å². The maximum absolute atomic E-state index is 13.2. The average Bonchev–Trinajstić information content (AvgIpc) is 3.28. The zero-order valence-electron chi connectivity index (χ0n) is 15.3. The summed E-state index contributed by atoms with van der Waals surface area (Å²) in [6.07, 6.45) is 1.38. The van der Waals surface area contributed by atoms with Crippen LogP contribution in [0.25, 0.3) is 0 Å². The smallest absolute Gasteiger partial charge is 0.273 e. The van der Waals surface area contributed by atoms with Gasteiger partial charge in [-0.2, -0.15) is 0 Å². The lowest BCUT2D eigenvalue weighted by Crippen LogP contribution is -2.30. The van der Waals surface area contributed by atoms with Crippen molar-refractivity contribution in [2.24, 2.45) is 0 Å². The first-order valence-electron chi connectivity index (χ1n) is 8.74. The van der Waals surface area contributed by atoms with Gasteiger partial charge in [0.25, 0.3) is 5.91 Å². The van der Waals surface area contributed by atoms with Crippen molar-refractivity contribution in [3.8, 4) is 0 Å². The van der Waals surface area contributed by atoms with Crippen molar-refractivity contribution >= 4 is 17.2 Å². The van der Waals surface area contributed by atoms with E-state index < -0.39 is 0 Å². The minimum atomic E-state index is -0.253. The first-order valence-corrected chi connectivity index (χ1v) is 9.62. The van der Waals surface area contributed by atoms with E-state index in [1.54, 1.807) is 23.5 Å². The summed E-state index contributed by atoms with van der Waals surface area (Å²) in [6, 6.07) is 10.6. The van der Waals surface area contributed by atoms with Crippen LogP contribution in [0, 0.1) is 5.82 Å². The number of rotatable bonds is 8. The summed E-state index contributed by atoms with van der Waals surface area (Å²) in [6.45, 7) is 5.57. The van der Waals surface area contributed by atoms with Gasteiger partial charge in [-0.25, -0.2) is 9.37 Å². The Kier molecular flexibility index (Phi) is 6.36. The highest BCUT2D eigenvalue weighted by atomic mass is 32.1. The molecule has 0 aliphatic carbocycles. The highest BCUT2D eigenvalue weighted by Gasteiger charge is 2.16. The van der Waals surface area contributed by atoms with Crippen molar-refractivity contribution in [2.75, 3.05) is 0 Å². The molecular weight excluding hydrogens is 365 g/mol. The molecule has 1 aromatic carbocycles. The van der Waals surface area contributed by atoms with Crippen LogP contribution in [-0.2, 0) is 19.6 Å². The Labute approximate surface area is 161 Å². The normalized spacial score (nSPS) is 11.3. The molecule has 27 heavy (non-hydrogen) atoms. The molecule has 3 aromatic rings. The van der Waals surface area contributed by atoms with E-state index in [-0.39, 0.29) is 23.5 Å². The number of hydrogen-bond donors (Lipinski definition) is 1. The predicted molar refractivity (Wildman–Crippen MR) is 103 cm³/mol. The molecule has 0 spiro atoms. The molecule has 142 valence electrons. The van der Waals surface area contributed by atoms with Crippen LogP contribution in [0.4, 0.5) is 4.39 Å². The second-order valence-electron chi connectivity index (χ2n) is 6.61. The van der Waals surface area contributed by atoms with Gasteiger partial charge in [0, 0.05) is 24.0 Å². The number of aromatic nitrogens is 1. The Morgan fingerprint density at radius 2 is 2.00 bits per heavy atom. The third-order valence-corrected chi connectivity index (χ3v) is 4.70. The predicted octanol–water partition coefficient (Wildman–Crippen LogP) is 4.22. The molecule has 2 heterocycles. The van der Waals surface area contributed by atoms with Crippen molar-refractivity contribution in [2.45, 2.75) is 39.5 Å². The molecule has 0 saturated carbocycles. The minimum absolute atomic E-state index is 0.0338. The van der Waals surface area contributed by atoms with E-state index in [1.807, 2.05) is 25.3 Å². The van der Waals surface area contributed by atoms with Crippen LogP contribution in [0.3, 0.4) is 0 Å². The van der Waals surface area contributed by atoms with Crippen molar-refractivity contribution in [3.63, 3.8) is 0 Å². The van der Waals surface area contributed by atoms with Crippen LogP contribution in [0.2, 0.25) is 0 Å². The number of halogens is 1. The minimum Gasteiger partial charge on any atom is -0.447 e. The molecule has 0 bridgehead atoms. The highest BCUT2D eigenvalue weighted by molar-refractivity contribution is 7.09. The molecule has 0 unspecified atom stereocenters. The molecule has 7 heteroatoms. The van der Waals surface area contributed by atoms with E-state index in [9.17, 15) is 9.18 Å². The fraction of sp³-hybridized carbons (Fsp3) is 0.300. The van der Waals surface area contributed by atoms with Crippen LogP contribution in [0.1, 0.15) is 40.7 Å². The fourth-order valence-corrected chi connectivity index (χ4v) is 3.40. The van der Waals surface area contributed by atoms with E-state index in [2.05, 4.69) is 21.3 Å². The Bertz CT molecular complexity index is 860. The molecule has 0 atom stereocenters. The van der Waals surface area contributed by atoms with Crippen LogP contribution < -0.4 is 5.32 Å². The fourth-order valence-electron chi connectivity index (χ4n) is 2.65. The lowest BCUT2D eigenvalue weighted by Gasteiger charge is -2.20. The first kappa shape index (κ1) is 19.3. The van der Waals surface area contributed by atoms with Gasteiger partial charge in [-0.05, 0) is 43.0 Å². The molecule has 0 aliphatic heterocycles. The van der Waals surface area contributed by atoms with Crippen LogP contribution >= 0.6 is 11.3 Å². The van der Waals surface area contributed by atoms with Crippen LogP contribution in [0.15, 0.2) is 52.5 Å². The first-order chi connectivity index (χ1) is 13.0. The van der Waals surface area contributed by atoms with Crippen molar-refractivity contribution in [1.82, 2.24) is 15.2 Å². The van der Waals surface area contributed by atoms with E-state index in [0.717, 1.165) is 5.56 Å². The Balaban J connectivity index is 1.71. The molecular formula is C20H22FN3O2S. The van der Waals surface area contributed by atoms with E-state index in [1.165, 1.54) is 23.3 Å². The van der Waals surface area contributed by atoms with E-state index in [0.29, 0.717) is 25.5 Å². The van der Waals surface area contributed by atoms with Gasteiger partial charge in [-0.3, -0.25) is 9.69 Å². The quantitative estimate of drug-likeness (QED) is 0.629. The average molecular weight is 387 g/mol. The SMILES string of the molecule is CC(C)NC(=O)c1coc(CN(Cc2ccc(F)cc2)Cc2cccs2)n1. The second kappa shape index (κ2) is 8.92. The molecule has 0 fully saturated rings. The van der Waals surface area contributed by atoms with Gasteiger partial charge >= 0.3 is 0 Å². The number of amides is 1. The zero-order valence-corrected chi connectivity index (χ0v) is 16.1. The number of hydrogen-bond acceptors (Lipinski definition) is 5. The maximum Gasteiger partial charge on any atom is 0.273 e. The van der Waals surface area contributed by atoms with Gasteiger partial charge in [-0.15, -0.1) is 11.3 Å². The lowest BCUT2D eigenvalue weighted by atomic mass is 10.2. The summed E-state index contributed by atoms with van der Waals surface area (Å²) in [4.78, 5) is 19.7. The zero-order chi connectivity index (χ0) is 19.2. The number of benzene rings is 1. The topological polar surface area (TPSA) is 58.4 Å². The summed E-state index contributed by atoms with van der Waals surface area (Å²) in [5, 5.41) is 4.83. The molecule has 3 rings (SSSR count). The maximum atomic E-state index is 13.2. The molecule has 0 aliphatic rings. The van der Waals surface area contributed by atoms with Gasteiger partial charge in [0.05, 0.1) is 6.54 Å². The summed E-state index contributed by atoms with van der Waals surface area (Å²) in [5.74, 6) is -0.0250. The van der Waals surface area contributed by atoms with Gasteiger partial charge in [0.2, 0.25) is 5.89 Å². The number of thiophene rings is 1. The third kappa shape index (κ3) is 5.74. The molecule has 0 saturated heterocycles. The summed E-state index contributed by atoms with van der Waals surface area (Å²) < 4.78 is 18.7. The van der Waals surface area contributed by atoms with E-state index in [4.69, 9.17) is 4.42 Å². The number of nitrogens with zero attached hydrogens (tertiary/aromatic N) is 2. The van der Waals surface area contributed by atoms with Gasteiger partial charge < -0.3 is 9.73 Å². The third-order valence-electron chi connectivity index (χ3n) is 3.84. The van der Waals surface area contributed by atoms with Crippen molar-refractivity contribution in [3.05, 3.63) is 75.9 Å². The molecule has 5 nitrogen and oxygen atoms in total. The van der Waals surface area contributed by atoms with Crippen molar-refractivity contribution in [1.29, 1.82) is 0 Å². The molecule has 1 N–H and O–H groups in total. The Hall–Kier alpha value is -2.51.